The molecule has 2 aliphatic heterocycles. The molecule has 1 saturated heterocycles. The number of carbonyl (C=O) groups excluding carboxylic acids is 1. The number of hydrogen-bond acceptors (Lipinski definition) is 4. The molecule has 7 nitrogen and oxygen atoms in total. The molecule has 2 aliphatic rings. The summed E-state index contributed by atoms with van der Waals surface area (Å²) in [5, 5.41) is 13.1. The van der Waals surface area contributed by atoms with E-state index in [1.165, 1.54) is 0 Å². The molecule has 0 radical (unpaired) electrons. The minimum Gasteiger partial charge on any atom is -0.493 e. The minimum atomic E-state index is -0.151. The Kier molecular flexibility index (Phi) is 6.42. The van der Waals surface area contributed by atoms with Crippen molar-refractivity contribution in [2.45, 2.75) is 44.3 Å². The Morgan fingerprint density at radius 1 is 1.09 bits per heavy atom. The number of amides is 2. The monoisotopic (exact) mass is 485 g/mol. The molecule has 0 saturated carbocycles. The Labute approximate surface area is 202 Å². The van der Waals surface area contributed by atoms with Gasteiger partial charge in [-0.05, 0) is 61.6 Å². The zero-order chi connectivity index (χ0) is 22.8. The number of likely N-dealkylation sites (tertiary alicyclic amines) is 1. The maximum atomic E-state index is 13.4. The molecule has 9 heteroatoms. The van der Waals surface area contributed by atoms with Gasteiger partial charge in [0.2, 0.25) is 0 Å². The number of aromatic nitrogens is 3. The Bertz CT molecular complexity index is 1130. The van der Waals surface area contributed by atoms with Gasteiger partial charge in [-0.2, -0.15) is 0 Å². The zero-order valence-corrected chi connectivity index (χ0v) is 19.6. The number of halogens is 2. The van der Waals surface area contributed by atoms with Crippen molar-refractivity contribution in [1.29, 1.82) is 0 Å². The third-order valence-electron chi connectivity index (χ3n) is 6.26. The molecule has 172 valence electrons. The molecule has 2 unspecified atom stereocenters. The van der Waals surface area contributed by atoms with Gasteiger partial charge in [0.05, 0.1) is 25.2 Å². The molecule has 0 spiro atoms. The first-order chi connectivity index (χ1) is 16.1. The summed E-state index contributed by atoms with van der Waals surface area (Å²) in [5.74, 6) is 1.58. The van der Waals surface area contributed by atoms with Crippen molar-refractivity contribution in [2.24, 2.45) is 0 Å². The van der Waals surface area contributed by atoms with E-state index in [1.807, 2.05) is 51.9 Å². The highest BCUT2D eigenvalue weighted by atomic mass is 35.5. The van der Waals surface area contributed by atoms with Crippen LogP contribution in [0.1, 0.15) is 54.7 Å². The summed E-state index contributed by atoms with van der Waals surface area (Å²) in [6.45, 7) is 1.92. The molecule has 33 heavy (non-hydrogen) atoms. The fraction of sp³-hybridized carbons (Fsp3) is 0.375. The van der Waals surface area contributed by atoms with Gasteiger partial charge < -0.3 is 19.5 Å². The number of carbonyl (C=O) groups is 1. The Morgan fingerprint density at radius 2 is 1.91 bits per heavy atom. The maximum Gasteiger partial charge on any atom is 0.318 e. The summed E-state index contributed by atoms with van der Waals surface area (Å²) in [6.07, 6.45) is 5.14. The summed E-state index contributed by atoms with van der Waals surface area (Å²) in [4.78, 5) is 15.3. The van der Waals surface area contributed by atoms with Crippen LogP contribution in [-0.4, -0.2) is 38.8 Å². The molecule has 1 N–H and O–H groups in total. The van der Waals surface area contributed by atoms with Gasteiger partial charge in [0, 0.05) is 22.2 Å². The quantitative estimate of drug-likeness (QED) is 0.537. The van der Waals surface area contributed by atoms with Crippen molar-refractivity contribution < 1.29 is 9.53 Å². The van der Waals surface area contributed by atoms with Crippen molar-refractivity contribution in [3.05, 3.63) is 75.8 Å². The van der Waals surface area contributed by atoms with E-state index in [4.69, 9.17) is 27.9 Å². The molecule has 1 fully saturated rings. The number of urea groups is 1. The lowest BCUT2D eigenvalue weighted by Gasteiger charge is -2.28. The average molecular weight is 486 g/mol. The highest BCUT2D eigenvalue weighted by molar-refractivity contribution is 6.30. The van der Waals surface area contributed by atoms with Gasteiger partial charge in [0.15, 0.2) is 5.82 Å². The topological polar surface area (TPSA) is 72.3 Å². The summed E-state index contributed by atoms with van der Waals surface area (Å²) in [5.41, 5.74) is 2.02. The first-order valence-electron chi connectivity index (χ1n) is 11.2. The highest BCUT2D eigenvalue weighted by Gasteiger charge is 2.35. The van der Waals surface area contributed by atoms with Crippen LogP contribution in [0.4, 0.5) is 4.79 Å². The zero-order valence-electron chi connectivity index (χ0n) is 18.1. The van der Waals surface area contributed by atoms with Crippen LogP contribution >= 0.6 is 23.2 Å². The second-order valence-corrected chi connectivity index (χ2v) is 9.34. The van der Waals surface area contributed by atoms with Gasteiger partial charge in [-0.15, -0.1) is 10.2 Å². The van der Waals surface area contributed by atoms with E-state index >= 15 is 0 Å². The molecule has 1 aromatic heterocycles. The third kappa shape index (κ3) is 4.80. The highest BCUT2D eigenvalue weighted by Crippen LogP contribution is 2.35. The van der Waals surface area contributed by atoms with Gasteiger partial charge in [0.25, 0.3) is 0 Å². The summed E-state index contributed by atoms with van der Waals surface area (Å²) >= 11 is 12.3. The average Bonchev–Trinajstić information content (AvgIpc) is 3.43. The second-order valence-electron chi connectivity index (χ2n) is 8.47. The number of nitrogens with one attached hydrogen (secondary N) is 1. The van der Waals surface area contributed by atoms with Crippen LogP contribution in [0.2, 0.25) is 10.0 Å². The largest absolute Gasteiger partial charge is 0.493 e. The van der Waals surface area contributed by atoms with Gasteiger partial charge in [0.1, 0.15) is 12.1 Å². The first-order valence-corrected chi connectivity index (χ1v) is 12.0. The lowest BCUT2D eigenvalue weighted by Crippen LogP contribution is -2.41. The molecular weight excluding hydrogens is 461 g/mol. The third-order valence-corrected chi connectivity index (χ3v) is 6.75. The van der Waals surface area contributed by atoms with E-state index < -0.39 is 0 Å². The Hall–Kier alpha value is -2.77. The molecule has 5 rings (SSSR count). The molecule has 2 aromatic carbocycles. The normalized spacial score (nSPS) is 20.1. The SMILES string of the molecule is O=C(NC1CCCOc2ccc(Cl)cc21)N1CCCC1c1nncn1Cc1ccc(Cl)cc1. The van der Waals surface area contributed by atoms with Crippen molar-refractivity contribution in [1.82, 2.24) is 25.0 Å². The van der Waals surface area contributed by atoms with Crippen LogP contribution in [-0.2, 0) is 6.54 Å². The molecular formula is C24H25Cl2N5O2. The van der Waals surface area contributed by atoms with Crippen molar-refractivity contribution in [3.63, 3.8) is 0 Å². The summed E-state index contributed by atoms with van der Waals surface area (Å²) in [7, 11) is 0. The van der Waals surface area contributed by atoms with Gasteiger partial charge in [-0.25, -0.2) is 4.79 Å². The lowest BCUT2D eigenvalue weighted by atomic mass is 10.0. The molecule has 3 aromatic rings. The molecule has 2 amide bonds. The predicted octanol–water partition coefficient (Wildman–Crippen LogP) is 5.39. The predicted molar refractivity (Wildman–Crippen MR) is 127 cm³/mol. The number of benzene rings is 2. The van der Waals surface area contributed by atoms with Gasteiger partial charge in [-0.1, -0.05) is 35.3 Å². The van der Waals surface area contributed by atoms with Gasteiger partial charge in [-0.3, -0.25) is 0 Å². The van der Waals surface area contributed by atoms with E-state index in [2.05, 4.69) is 15.5 Å². The Morgan fingerprint density at radius 3 is 2.76 bits per heavy atom. The summed E-state index contributed by atoms with van der Waals surface area (Å²) < 4.78 is 7.86. The van der Waals surface area contributed by atoms with E-state index in [1.54, 1.807) is 6.33 Å². The number of ether oxygens (including phenoxy) is 1. The van der Waals surface area contributed by atoms with Crippen LogP contribution in [0.15, 0.2) is 48.8 Å². The number of rotatable bonds is 4. The number of nitrogens with zero attached hydrogens (tertiary/aromatic N) is 4. The van der Waals surface area contributed by atoms with Crippen LogP contribution in [0.5, 0.6) is 5.75 Å². The lowest BCUT2D eigenvalue weighted by molar-refractivity contribution is 0.185. The first kappa shape index (κ1) is 22.0. The fourth-order valence-corrected chi connectivity index (χ4v) is 4.95. The van der Waals surface area contributed by atoms with Crippen molar-refractivity contribution >= 4 is 29.2 Å². The van der Waals surface area contributed by atoms with Crippen molar-refractivity contribution in [3.8, 4) is 5.75 Å². The van der Waals surface area contributed by atoms with Crippen LogP contribution in [0.3, 0.4) is 0 Å². The smallest absolute Gasteiger partial charge is 0.318 e. The number of hydrogen-bond donors (Lipinski definition) is 1. The Balaban J connectivity index is 1.34. The van der Waals surface area contributed by atoms with Crippen molar-refractivity contribution in [2.75, 3.05) is 13.2 Å². The van der Waals surface area contributed by atoms with E-state index in [0.29, 0.717) is 29.7 Å². The molecule has 3 heterocycles. The van der Waals surface area contributed by atoms with E-state index in [9.17, 15) is 4.79 Å². The second kappa shape index (κ2) is 9.61. The number of fused-ring (bicyclic) bond motifs is 1. The van der Waals surface area contributed by atoms with Crippen LogP contribution in [0, 0.1) is 0 Å². The molecule has 0 bridgehead atoms. The van der Waals surface area contributed by atoms with E-state index in [0.717, 1.165) is 48.4 Å². The van der Waals surface area contributed by atoms with Crippen LogP contribution in [0.25, 0.3) is 0 Å². The minimum absolute atomic E-state index is 0.101. The molecule has 2 atom stereocenters. The molecule has 0 aliphatic carbocycles. The van der Waals surface area contributed by atoms with Crippen LogP contribution < -0.4 is 10.1 Å². The summed E-state index contributed by atoms with van der Waals surface area (Å²) in [6, 6.07) is 12.9. The van der Waals surface area contributed by atoms with Gasteiger partial charge >= 0.3 is 6.03 Å². The van der Waals surface area contributed by atoms with E-state index in [-0.39, 0.29) is 18.1 Å². The fourth-order valence-electron chi connectivity index (χ4n) is 4.64. The maximum absolute atomic E-state index is 13.4. The standard InChI is InChI=1S/C24H25Cl2N5O2/c25-17-7-5-16(6-8-17)14-30-15-27-29-23(30)21-4-1-11-31(21)24(32)28-20-3-2-12-33-22-10-9-18(26)13-19(20)22/h5-10,13,15,20-21H,1-4,11-12,14H2,(H,28,32).